The average Bonchev–Trinajstić information content (AvgIpc) is 2.76. The lowest BCUT2D eigenvalue weighted by atomic mass is 10.3. The van der Waals surface area contributed by atoms with Crippen LogP contribution >= 0.6 is 0 Å². The summed E-state index contributed by atoms with van der Waals surface area (Å²) in [4.78, 5) is 24.6. The van der Waals surface area contributed by atoms with Crippen LogP contribution in [0.1, 0.15) is 0 Å². The normalized spacial score (nSPS) is 21.4. The molecule has 90 valence electrons. The van der Waals surface area contributed by atoms with Gasteiger partial charge in [-0.25, -0.2) is 9.59 Å². The minimum Gasteiger partial charge on any atom is -0.347 e. The first-order valence-corrected chi connectivity index (χ1v) is 5.04. The molecule has 0 aromatic carbocycles. The molecule has 2 aliphatic heterocycles. The summed E-state index contributed by atoms with van der Waals surface area (Å²) in [6.07, 6.45) is 0. The van der Waals surface area contributed by atoms with Gasteiger partial charge in [-0.05, 0) is 0 Å². The molecule has 0 spiro atoms. The van der Waals surface area contributed by atoms with Crippen LogP contribution in [0.2, 0.25) is 0 Å². The number of nitrogens with zero attached hydrogens (tertiary/aromatic N) is 2. The molecular formula is C8H14N4O4. The topological polar surface area (TPSA) is 105 Å². The van der Waals surface area contributed by atoms with Gasteiger partial charge in [-0.1, -0.05) is 0 Å². The number of amides is 4. The van der Waals surface area contributed by atoms with Crippen molar-refractivity contribution >= 4 is 12.1 Å². The van der Waals surface area contributed by atoms with E-state index in [-0.39, 0.29) is 19.1 Å². The Kier molecular flexibility index (Phi) is 2.60. The van der Waals surface area contributed by atoms with Crippen molar-refractivity contribution in [3.8, 4) is 0 Å². The predicted octanol–water partition coefficient (Wildman–Crippen LogP) is -2.32. The third-order valence-corrected chi connectivity index (χ3v) is 2.64. The lowest BCUT2D eigenvalue weighted by Crippen LogP contribution is -2.57. The number of carbonyl (C=O) groups is 2. The van der Waals surface area contributed by atoms with Crippen LogP contribution in [0, 0.1) is 0 Å². The second-order valence-electron chi connectivity index (χ2n) is 3.81. The van der Waals surface area contributed by atoms with Crippen molar-refractivity contribution in [2.45, 2.75) is 5.91 Å². The maximum absolute atomic E-state index is 11.3. The summed E-state index contributed by atoms with van der Waals surface area (Å²) >= 11 is 0. The molecule has 2 aliphatic rings. The summed E-state index contributed by atoms with van der Waals surface area (Å²) in [5.74, 6) is -2.32. The molecule has 0 radical (unpaired) electrons. The van der Waals surface area contributed by atoms with Gasteiger partial charge in [0.15, 0.2) is 0 Å². The quantitative estimate of drug-likeness (QED) is 0.408. The largest absolute Gasteiger partial charge is 0.347 e. The first-order chi connectivity index (χ1) is 7.50. The third kappa shape index (κ3) is 1.89. The van der Waals surface area contributed by atoms with Crippen LogP contribution in [-0.4, -0.2) is 70.7 Å². The summed E-state index contributed by atoms with van der Waals surface area (Å²) in [7, 11) is 0. The van der Waals surface area contributed by atoms with Gasteiger partial charge in [0.25, 0.3) is 5.91 Å². The zero-order valence-corrected chi connectivity index (χ0v) is 8.64. The second kappa shape index (κ2) is 3.80. The van der Waals surface area contributed by atoms with Gasteiger partial charge >= 0.3 is 12.1 Å². The number of nitrogens with one attached hydrogen (secondary N) is 2. The van der Waals surface area contributed by atoms with Crippen molar-refractivity contribution in [3.63, 3.8) is 0 Å². The molecule has 0 unspecified atom stereocenters. The minimum atomic E-state index is -2.32. The van der Waals surface area contributed by atoms with Crippen molar-refractivity contribution in [2.75, 3.05) is 32.7 Å². The fourth-order valence-corrected chi connectivity index (χ4v) is 1.82. The van der Waals surface area contributed by atoms with Gasteiger partial charge < -0.3 is 25.7 Å². The number of urea groups is 2. The molecule has 0 atom stereocenters. The highest BCUT2D eigenvalue weighted by Crippen LogP contribution is 2.14. The highest BCUT2D eigenvalue weighted by molar-refractivity contribution is 5.78. The number of hydrogen-bond acceptors (Lipinski definition) is 4. The highest BCUT2D eigenvalue weighted by Gasteiger charge is 2.41. The van der Waals surface area contributed by atoms with Gasteiger partial charge in [-0.15, -0.1) is 0 Å². The monoisotopic (exact) mass is 230 g/mol. The van der Waals surface area contributed by atoms with E-state index in [1.807, 2.05) is 0 Å². The predicted molar refractivity (Wildman–Crippen MR) is 52.2 cm³/mol. The Hall–Kier alpha value is -1.54. The number of β-amino-alcohol motifs (C(OH)–C–C–N with tert-alkyl or cyclic N) is 2. The summed E-state index contributed by atoms with van der Waals surface area (Å²) in [5, 5.41) is 24.5. The molecule has 0 bridgehead atoms. The Morgan fingerprint density at radius 1 is 1.12 bits per heavy atom. The minimum absolute atomic E-state index is 0.210. The Morgan fingerprint density at radius 3 is 2.25 bits per heavy atom. The van der Waals surface area contributed by atoms with E-state index in [0.29, 0.717) is 19.6 Å². The fourth-order valence-electron chi connectivity index (χ4n) is 1.82. The van der Waals surface area contributed by atoms with E-state index in [1.165, 1.54) is 4.90 Å². The molecule has 8 heteroatoms. The zero-order chi connectivity index (χ0) is 11.8. The molecule has 4 N–H and O–H groups in total. The first kappa shape index (κ1) is 11.0. The van der Waals surface area contributed by atoms with Crippen LogP contribution in [0.25, 0.3) is 0 Å². The van der Waals surface area contributed by atoms with Crippen molar-refractivity contribution in [1.29, 1.82) is 0 Å². The number of rotatable bonds is 3. The van der Waals surface area contributed by atoms with Gasteiger partial charge in [0.1, 0.15) is 0 Å². The molecule has 0 aromatic rings. The van der Waals surface area contributed by atoms with Crippen LogP contribution in [0.4, 0.5) is 9.59 Å². The zero-order valence-electron chi connectivity index (χ0n) is 8.64. The summed E-state index contributed by atoms with van der Waals surface area (Å²) in [6, 6.07) is -0.892. The SMILES string of the molecule is O=C1NCCN1CC(O)(O)N1CCNC1=O. The lowest BCUT2D eigenvalue weighted by Gasteiger charge is -2.33. The highest BCUT2D eigenvalue weighted by atomic mass is 16.5. The number of aliphatic hydroxyl groups is 2. The lowest BCUT2D eigenvalue weighted by molar-refractivity contribution is -0.244. The van der Waals surface area contributed by atoms with Crippen molar-refractivity contribution in [1.82, 2.24) is 20.4 Å². The van der Waals surface area contributed by atoms with Crippen molar-refractivity contribution < 1.29 is 19.8 Å². The van der Waals surface area contributed by atoms with E-state index in [0.717, 1.165) is 4.90 Å². The molecule has 0 saturated carbocycles. The van der Waals surface area contributed by atoms with Gasteiger partial charge in [0.05, 0.1) is 6.54 Å². The van der Waals surface area contributed by atoms with E-state index in [9.17, 15) is 19.8 Å². The van der Waals surface area contributed by atoms with Crippen molar-refractivity contribution in [2.24, 2.45) is 0 Å². The van der Waals surface area contributed by atoms with E-state index in [1.54, 1.807) is 0 Å². The third-order valence-electron chi connectivity index (χ3n) is 2.64. The maximum Gasteiger partial charge on any atom is 0.321 e. The molecular weight excluding hydrogens is 216 g/mol. The molecule has 8 nitrogen and oxygen atoms in total. The Balaban J connectivity index is 2.01. The molecule has 0 aromatic heterocycles. The first-order valence-electron chi connectivity index (χ1n) is 5.04. The number of carbonyl (C=O) groups excluding carboxylic acids is 2. The Morgan fingerprint density at radius 2 is 1.75 bits per heavy atom. The molecule has 2 saturated heterocycles. The van der Waals surface area contributed by atoms with E-state index in [2.05, 4.69) is 10.6 Å². The maximum atomic E-state index is 11.3. The molecule has 2 rings (SSSR count). The van der Waals surface area contributed by atoms with E-state index >= 15 is 0 Å². The van der Waals surface area contributed by atoms with Crippen LogP contribution < -0.4 is 10.6 Å². The van der Waals surface area contributed by atoms with E-state index in [4.69, 9.17) is 0 Å². The summed E-state index contributed by atoms with van der Waals surface area (Å²) < 4.78 is 0. The standard InChI is InChI=1S/C8H14N4O4/c13-6-9-1-3-11(6)5-8(15,16)12-4-2-10-7(12)14/h15-16H,1-5H2,(H,9,13)(H,10,14). The van der Waals surface area contributed by atoms with Crippen LogP contribution in [0.5, 0.6) is 0 Å². The fraction of sp³-hybridized carbons (Fsp3) is 0.750. The number of hydrogen-bond donors (Lipinski definition) is 4. The van der Waals surface area contributed by atoms with Gasteiger partial charge in [-0.2, -0.15) is 0 Å². The van der Waals surface area contributed by atoms with Crippen LogP contribution in [0.3, 0.4) is 0 Å². The summed E-state index contributed by atoms with van der Waals surface area (Å²) in [6.45, 7) is 1.14. The molecule has 0 aliphatic carbocycles. The summed E-state index contributed by atoms with van der Waals surface area (Å²) in [5.41, 5.74) is 0. The van der Waals surface area contributed by atoms with Crippen molar-refractivity contribution in [3.05, 3.63) is 0 Å². The van der Waals surface area contributed by atoms with E-state index < -0.39 is 11.9 Å². The van der Waals surface area contributed by atoms with Gasteiger partial charge in [0.2, 0.25) is 0 Å². The van der Waals surface area contributed by atoms with Crippen LogP contribution in [0.15, 0.2) is 0 Å². The van der Waals surface area contributed by atoms with Gasteiger partial charge in [-0.3, -0.25) is 4.90 Å². The Bertz CT molecular complexity index is 319. The molecule has 16 heavy (non-hydrogen) atoms. The Labute approximate surface area is 91.8 Å². The van der Waals surface area contributed by atoms with Gasteiger partial charge in [0, 0.05) is 26.2 Å². The second-order valence-corrected chi connectivity index (χ2v) is 3.81. The molecule has 2 fully saturated rings. The van der Waals surface area contributed by atoms with Crippen LogP contribution in [-0.2, 0) is 0 Å². The molecule has 2 heterocycles. The average molecular weight is 230 g/mol. The smallest absolute Gasteiger partial charge is 0.321 e. The molecule has 4 amide bonds.